The monoisotopic (exact) mass is 282 g/mol. The van der Waals surface area contributed by atoms with Gasteiger partial charge in [0.05, 0.1) is 0 Å². The molecule has 0 fully saturated rings. The lowest BCUT2D eigenvalue weighted by Gasteiger charge is -2.07. The van der Waals surface area contributed by atoms with Gasteiger partial charge in [-0.15, -0.1) is 0 Å². The molecule has 108 valence electrons. The first-order valence-corrected chi connectivity index (χ1v) is 6.86. The predicted octanol–water partition coefficient (Wildman–Crippen LogP) is 2.46. The van der Waals surface area contributed by atoms with Crippen LogP contribution in [0.15, 0.2) is 48.5 Å². The zero-order chi connectivity index (χ0) is 15.2. The Labute approximate surface area is 124 Å². The van der Waals surface area contributed by atoms with Crippen molar-refractivity contribution in [3.63, 3.8) is 0 Å². The molecule has 2 rings (SSSR count). The first-order valence-electron chi connectivity index (χ1n) is 6.86. The van der Waals surface area contributed by atoms with Crippen molar-refractivity contribution in [1.29, 1.82) is 0 Å². The molecule has 2 amide bonds. The molecule has 0 atom stereocenters. The predicted molar refractivity (Wildman–Crippen MR) is 83.3 cm³/mol. The molecular formula is C17H18N2O2. The maximum absolute atomic E-state index is 11.8. The van der Waals surface area contributed by atoms with Crippen molar-refractivity contribution in [3.05, 3.63) is 59.7 Å². The Morgan fingerprint density at radius 2 is 1.62 bits per heavy atom. The molecule has 0 unspecified atom stereocenters. The van der Waals surface area contributed by atoms with E-state index in [9.17, 15) is 9.59 Å². The number of hydrogen-bond donors (Lipinski definition) is 2. The molecular weight excluding hydrogens is 264 g/mol. The molecule has 0 aliphatic heterocycles. The summed E-state index contributed by atoms with van der Waals surface area (Å²) < 4.78 is 0. The molecule has 0 radical (unpaired) electrons. The van der Waals surface area contributed by atoms with Gasteiger partial charge in [0.1, 0.15) is 0 Å². The van der Waals surface area contributed by atoms with Crippen LogP contribution in [-0.2, 0) is 0 Å². The second-order valence-electron chi connectivity index (χ2n) is 4.60. The van der Waals surface area contributed by atoms with Crippen LogP contribution in [0.3, 0.4) is 0 Å². The molecule has 2 N–H and O–H groups in total. The fourth-order valence-corrected chi connectivity index (χ4v) is 2.06. The average molecular weight is 282 g/mol. The van der Waals surface area contributed by atoms with E-state index in [1.165, 1.54) is 0 Å². The molecule has 0 heterocycles. The highest BCUT2D eigenvalue weighted by Crippen LogP contribution is 2.21. The van der Waals surface area contributed by atoms with Gasteiger partial charge in [-0.3, -0.25) is 9.59 Å². The van der Waals surface area contributed by atoms with Gasteiger partial charge in [-0.25, -0.2) is 0 Å². The summed E-state index contributed by atoms with van der Waals surface area (Å²) >= 11 is 0. The van der Waals surface area contributed by atoms with Gasteiger partial charge in [0, 0.05) is 24.7 Å². The van der Waals surface area contributed by atoms with E-state index in [0.717, 1.165) is 11.1 Å². The molecule has 0 aromatic heterocycles. The molecule has 0 aliphatic rings. The summed E-state index contributed by atoms with van der Waals surface area (Å²) in [6.45, 7) is 2.49. The highest BCUT2D eigenvalue weighted by molar-refractivity contribution is 5.96. The summed E-state index contributed by atoms with van der Waals surface area (Å²) in [7, 11) is 1.60. The normalized spacial score (nSPS) is 10.0. The number of hydrogen-bond acceptors (Lipinski definition) is 2. The quantitative estimate of drug-likeness (QED) is 0.905. The Morgan fingerprint density at radius 1 is 0.905 bits per heavy atom. The van der Waals surface area contributed by atoms with Crippen LogP contribution in [0.1, 0.15) is 27.6 Å². The van der Waals surface area contributed by atoms with Crippen molar-refractivity contribution in [2.24, 2.45) is 0 Å². The molecule has 2 aromatic rings. The van der Waals surface area contributed by atoms with Crippen LogP contribution in [0, 0.1) is 0 Å². The van der Waals surface area contributed by atoms with Crippen LogP contribution < -0.4 is 10.6 Å². The number of carbonyl (C=O) groups excluding carboxylic acids is 2. The third-order valence-electron chi connectivity index (χ3n) is 3.17. The zero-order valence-electron chi connectivity index (χ0n) is 12.1. The Hall–Kier alpha value is -2.62. The van der Waals surface area contributed by atoms with E-state index in [0.29, 0.717) is 17.7 Å². The van der Waals surface area contributed by atoms with E-state index in [-0.39, 0.29) is 11.8 Å². The number of rotatable bonds is 4. The Morgan fingerprint density at radius 3 is 2.24 bits per heavy atom. The van der Waals surface area contributed by atoms with Crippen LogP contribution >= 0.6 is 0 Å². The molecule has 0 saturated carbocycles. The smallest absolute Gasteiger partial charge is 0.251 e. The van der Waals surface area contributed by atoms with E-state index in [2.05, 4.69) is 10.6 Å². The zero-order valence-corrected chi connectivity index (χ0v) is 12.1. The van der Waals surface area contributed by atoms with Gasteiger partial charge in [0.2, 0.25) is 0 Å². The summed E-state index contributed by atoms with van der Waals surface area (Å²) in [6, 6.07) is 14.7. The number of nitrogens with one attached hydrogen (secondary N) is 2. The van der Waals surface area contributed by atoms with E-state index in [1.807, 2.05) is 37.3 Å². The molecule has 0 aliphatic carbocycles. The van der Waals surface area contributed by atoms with Gasteiger partial charge in [-0.1, -0.05) is 24.3 Å². The van der Waals surface area contributed by atoms with Crippen molar-refractivity contribution < 1.29 is 9.59 Å². The average Bonchev–Trinajstić information content (AvgIpc) is 2.54. The van der Waals surface area contributed by atoms with Crippen LogP contribution in [0.5, 0.6) is 0 Å². The molecule has 4 nitrogen and oxygen atoms in total. The maximum Gasteiger partial charge on any atom is 0.251 e. The van der Waals surface area contributed by atoms with Gasteiger partial charge in [-0.2, -0.15) is 0 Å². The van der Waals surface area contributed by atoms with E-state index in [1.54, 1.807) is 25.2 Å². The van der Waals surface area contributed by atoms with Crippen molar-refractivity contribution in [2.45, 2.75) is 6.92 Å². The lowest BCUT2D eigenvalue weighted by Crippen LogP contribution is -2.22. The van der Waals surface area contributed by atoms with Gasteiger partial charge in [-0.05, 0) is 42.3 Å². The first-order chi connectivity index (χ1) is 10.2. The third kappa shape index (κ3) is 3.48. The second-order valence-corrected chi connectivity index (χ2v) is 4.60. The Balaban J connectivity index is 2.28. The van der Waals surface area contributed by atoms with Crippen molar-refractivity contribution in [1.82, 2.24) is 10.6 Å². The molecule has 0 bridgehead atoms. The number of carbonyl (C=O) groups is 2. The van der Waals surface area contributed by atoms with Gasteiger partial charge < -0.3 is 10.6 Å². The largest absolute Gasteiger partial charge is 0.355 e. The summed E-state index contributed by atoms with van der Waals surface area (Å²) in [5, 5.41) is 5.37. The van der Waals surface area contributed by atoms with Crippen molar-refractivity contribution >= 4 is 11.8 Å². The van der Waals surface area contributed by atoms with Crippen LogP contribution in [0.25, 0.3) is 11.1 Å². The lowest BCUT2D eigenvalue weighted by atomic mass is 10.0. The van der Waals surface area contributed by atoms with Crippen molar-refractivity contribution in [2.75, 3.05) is 13.6 Å². The van der Waals surface area contributed by atoms with Crippen LogP contribution in [0.2, 0.25) is 0 Å². The van der Waals surface area contributed by atoms with Gasteiger partial charge in [0.25, 0.3) is 11.8 Å². The molecule has 0 saturated heterocycles. The molecule has 0 spiro atoms. The minimum Gasteiger partial charge on any atom is -0.355 e. The maximum atomic E-state index is 11.8. The Kier molecular flexibility index (Phi) is 4.72. The third-order valence-corrected chi connectivity index (χ3v) is 3.17. The number of amides is 2. The second kappa shape index (κ2) is 6.70. The summed E-state index contributed by atoms with van der Waals surface area (Å²) in [4.78, 5) is 23.4. The fraction of sp³-hybridized carbons (Fsp3) is 0.176. The molecule has 4 heteroatoms. The SMILES string of the molecule is CCNC(=O)c1cccc(-c2ccc(C(=O)NC)cc2)c1. The number of benzene rings is 2. The highest BCUT2D eigenvalue weighted by Gasteiger charge is 2.07. The Bertz CT molecular complexity index is 648. The van der Waals surface area contributed by atoms with E-state index >= 15 is 0 Å². The molecule has 2 aromatic carbocycles. The van der Waals surface area contributed by atoms with Gasteiger partial charge >= 0.3 is 0 Å². The topological polar surface area (TPSA) is 58.2 Å². The highest BCUT2D eigenvalue weighted by atomic mass is 16.2. The summed E-state index contributed by atoms with van der Waals surface area (Å²) in [5.41, 5.74) is 3.15. The minimum absolute atomic E-state index is 0.0821. The van der Waals surface area contributed by atoms with Gasteiger partial charge in [0.15, 0.2) is 0 Å². The first kappa shape index (κ1) is 14.8. The standard InChI is InChI=1S/C17H18N2O2/c1-3-19-17(21)15-6-4-5-14(11-15)12-7-9-13(10-8-12)16(20)18-2/h4-11H,3H2,1-2H3,(H,18,20)(H,19,21). The van der Waals surface area contributed by atoms with Crippen molar-refractivity contribution in [3.8, 4) is 11.1 Å². The van der Waals surface area contributed by atoms with Crippen LogP contribution in [0.4, 0.5) is 0 Å². The summed E-state index contributed by atoms with van der Waals surface area (Å²) in [5.74, 6) is -0.195. The molecule has 21 heavy (non-hydrogen) atoms. The summed E-state index contributed by atoms with van der Waals surface area (Å²) in [6.07, 6.45) is 0. The lowest BCUT2D eigenvalue weighted by molar-refractivity contribution is 0.0950. The minimum atomic E-state index is -0.113. The van der Waals surface area contributed by atoms with E-state index < -0.39 is 0 Å². The van der Waals surface area contributed by atoms with Crippen LogP contribution in [-0.4, -0.2) is 25.4 Å². The van der Waals surface area contributed by atoms with E-state index in [4.69, 9.17) is 0 Å². The fourth-order valence-electron chi connectivity index (χ4n) is 2.06.